The summed E-state index contributed by atoms with van der Waals surface area (Å²) in [4.78, 5) is 28.1. The Morgan fingerprint density at radius 1 is 1.45 bits per heavy atom. The van der Waals surface area contributed by atoms with Gasteiger partial charge in [-0.3, -0.25) is 9.59 Å². The van der Waals surface area contributed by atoms with Crippen molar-refractivity contribution in [2.75, 3.05) is 18.4 Å². The van der Waals surface area contributed by atoms with Crippen LogP contribution in [0.5, 0.6) is 0 Å². The first kappa shape index (κ1) is 16.9. The van der Waals surface area contributed by atoms with Crippen molar-refractivity contribution in [1.82, 2.24) is 15.6 Å². The zero-order chi connectivity index (χ0) is 16.2. The van der Waals surface area contributed by atoms with Crippen LogP contribution in [0, 0.1) is 5.41 Å². The third-order valence-corrected chi connectivity index (χ3v) is 4.31. The van der Waals surface area contributed by atoms with Crippen LogP contribution in [0.3, 0.4) is 0 Å². The summed E-state index contributed by atoms with van der Waals surface area (Å²) in [6, 6.07) is 0.390. The lowest BCUT2D eigenvalue weighted by molar-refractivity contribution is -0.123. The number of anilines is 1. The van der Waals surface area contributed by atoms with Gasteiger partial charge in [0, 0.05) is 23.4 Å². The van der Waals surface area contributed by atoms with Crippen LogP contribution in [-0.2, 0) is 16.0 Å². The highest BCUT2D eigenvalue weighted by atomic mass is 32.1. The fraction of sp³-hybridized carbons (Fsp3) is 0.667. The van der Waals surface area contributed by atoms with Gasteiger partial charge in [-0.05, 0) is 19.4 Å². The average Bonchev–Trinajstić information content (AvgIpc) is 3.07. The van der Waals surface area contributed by atoms with E-state index in [1.807, 2.05) is 26.2 Å². The fourth-order valence-corrected chi connectivity index (χ4v) is 2.83. The molecule has 3 N–H and O–H groups in total. The van der Waals surface area contributed by atoms with E-state index in [1.54, 1.807) is 0 Å². The topological polar surface area (TPSA) is 83.1 Å². The van der Waals surface area contributed by atoms with E-state index in [4.69, 9.17) is 0 Å². The molecule has 1 unspecified atom stereocenters. The second-order valence-corrected chi connectivity index (χ2v) is 7.48. The lowest BCUT2D eigenvalue weighted by atomic mass is 9.96. The van der Waals surface area contributed by atoms with Crippen molar-refractivity contribution in [3.63, 3.8) is 0 Å². The minimum atomic E-state index is -0.461. The molecular formula is C15H24N4O2S. The number of hydrogen-bond donors (Lipinski definition) is 3. The van der Waals surface area contributed by atoms with E-state index < -0.39 is 5.41 Å². The molecule has 1 aromatic rings. The molecule has 1 fully saturated rings. The highest BCUT2D eigenvalue weighted by molar-refractivity contribution is 7.13. The molecule has 0 spiro atoms. The van der Waals surface area contributed by atoms with Gasteiger partial charge in [0.05, 0.1) is 12.1 Å². The Bertz CT molecular complexity index is 530. The molecule has 6 nitrogen and oxygen atoms in total. The standard InChI is InChI=1S/C15H24N4O2S/c1-15(2,3)13(21)19-14-18-11(9-22-14)7-12(20)17-8-10-5-4-6-16-10/h9-10,16H,4-8H2,1-3H3,(H,17,20)(H,18,19,21). The molecule has 7 heteroatoms. The van der Waals surface area contributed by atoms with Crippen molar-refractivity contribution in [3.05, 3.63) is 11.1 Å². The van der Waals surface area contributed by atoms with E-state index in [9.17, 15) is 9.59 Å². The molecule has 2 amide bonds. The molecule has 22 heavy (non-hydrogen) atoms. The first-order valence-corrected chi connectivity index (χ1v) is 8.48. The van der Waals surface area contributed by atoms with Gasteiger partial charge in [0.25, 0.3) is 0 Å². The van der Waals surface area contributed by atoms with Gasteiger partial charge in [-0.1, -0.05) is 20.8 Å². The van der Waals surface area contributed by atoms with Crippen molar-refractivity contribution >= 4 is 28.3 Å². The van der Waals surface area contributed by atoms with Gasteiger partial charge in [0.15, 0.2) is 5.13 Å². The number of thiazole rings is 1. The normalized spacial score (nSPS) is 18.2. The minimum absolute atomic E-state index is 0.0345. The maximum absolute atomic E-state index is 11.9. The first-order chi connectivity index (χ1) is 10.3. The molecule has 2 heterocycles. The van der Waals surface area contributed by atoms with Crippen molar-refractivity contribution < 1.29 is 9.59 Å². The second-order valence-electron chi connectivity index (χ2n) is 6.62. The van der Waals surface area contributed by atoms with Gasteiger partial charge in [-0.2, -0.15) is 0 Å². The molecule has 1 aliphatic rings. The van der Waals surface area contributed by atoms with Gasteiger partial charge in [0.2, 0.25) is 11.8 Å². The Kier molecular flexibility index (Phi) is 5.52. The predicted octanol–water partition coefficient (Wildman–Crippen LogP) is 1.54. The third kappa shape index (κ3) is 5.06. The molecule has 0 saturated carbocycles. The zero-order valence-corrected chi connectivity index (χ0v) is 14.2. The summed E-state index contributed by atoms with van der Waals surface area (Å²) in [6.45, 7) is 7.24. The Hall–Kier alpha value is -1.47. The Morgan fingerprint density at radius 2 is 2.23 bits per heavy atom. The summed E-state index contributed by atoms with van der Waals surface area (Å²) in [7, 11) is 0. The Labute approximate surface area is 135 Å². The average molecular weight is 324 g/mol. The maximum atomic E-state index is 11.9. The largest absolute Gasteiger partial charge is 0.354 e. The quantitative estimate of drug-likeness (QED) is 0.767. The van der Waals surface area contributed by atoms with E-state index in [0.717, 1.165) is 13.0 Å². The molecule has 1 aromatic heterocycles. The van der Waals surface area contributed by atoms with Crippen LogP contribution >= 0.6 is 11.3 Å². The highest BCUT2D eigenvalue weighted by Crippen LogP contribution is 2.20. The van der Waals surface area contributed by atoms with Crippen LogP contribution in [-0.4, -0.2) is 35.9 Å². The summed E-state index contributed by atoms with van der Waals surface area (Å²) >= 11 is 1.34. The maximum Gasteiger partial charge on any atom is 0.231 e. The molecule has 1 saturated heterocycles. The number of nitrogens with zero attached hydrogens (tertiary/aromatic N) is 1. The van der Waals surface area contributed by atoms with Crippen LogP contribution in [0.25, 0.3) is 0 Å². The summed E-state index contributed by atoms with van der Waals surface area (Å²) < 4.78 is 0. The summed E-state index contributed by atoms with van der Waals surface area (Å²) in [6.07, 6.45) is 2.53. The van der Waals surface area contributed by atoms with Gasteiger partial charge < -0.3 is 16.0 Å². The lowest BCUT2D eigenvalue weighted by Crippen LogP contribution is -2.37. The van der Waals surface area contributed by atoms with Crippen LogP contribution in [0.4, 0.5) is 5.13 Å². The second kappa shape index (κ2) is 7.19. The van der Waals surface area contributed by atoms with Gasteiger partial charge in [-0.25, -0.2) is 4.98 Å². The molecule has 2 rings (SSSR count). The smallest absolute Gasteiger partial charge is 0.231 e. The monoisotopic (exact) mass is 324 g/mol. The molecule has 1 atom stereocenters. The van der Waals surface area contributed by atoms with Crippen molar-refractivity contribution in [2.45, 2.75) is 46.1 Å². The molecule has 0 bridgehead atoms. The number of aromatic nitrogens is 1. The summed E-state index contributed by atoms with van der Waals surface area (Å²) in [5.74, 6) is -0.113. The SMILES string of the molecule is CC(C)(C)C(=O)Nc1nc(CC(=O)NCC2CCCN2)cs1. The third-order valence-electron chi connectivity index (χ3n) is 3.50. The van der Waals surface area contributed by atoms with Crippen LogP contribution in [0.1, 0.15) is 39.3 Å². The summed E-state index contributed by atoms with van der Waals surface area (Å²) in [5.41, 5.74) is 0.225. The van der Waals surface area contributed by atoms with Gasteiger partial charge in [-0.15, -0.1) is 11.3 Å². The number of carbonyl (C=O) groups is 2. The number of carbonyl (C=O) groups excluding carboxylic acids is 2. The van der Waals surface area contributed by atoms with Crippen LogP contribution in [0.15, 0.2) is 5.38 Å². The van der Waals surface area contributed by atoms with Gasteiger partial charge >= 0.3 is 0 Å². The molecule has 0 aromatic carbocycles. The van der Waals surface area contributed by atoms with Gasteiger partial charge in [0.1, 0.15) is 0 Å². The van der Waals surface area contributed by atoms with E-state index >= 15 is 0 Å². The zero-order valence-electron chi connectivity index (χ0n) is 13.4. The van der Waals surface area contributed by atoms with Crippen LogP contribution in [0.2, 0.25) is 0 Å². The number of rotatable bonds is 5. The number of hydrogen-bond acceptors (Lipinski definition) is 5. The Morgan fingerprint density at radius 3 is 2.86 bits per heavy atom. The molecule has 1 aliphatic heterocycles. The Balaban J connectivity index is 1.78. The summed E-state index contributed by atoms with van der Waals surface area (Å²) in [5, 5.41) is 11.4. The fourth-order valence-electron chi connectivity index (χ4n) is 2.13. The van der Waals surface area contributed by atoms with Crippen molar-refractivity contribution in [3.8, 4) is 0 Å². The van der Waals surface area contributed by atoms with E-state index in [-0.39, 0.29) is 18.2 Å². The number of amides is 2. The van der Waals surface area contributed by atoms with E-state index in [2.05, 4.69) is 20.9 Å². The number of nitrogens with one attached hydrogen (secondary N) is 3. The van der Waals surface area contributed by atoms with Crippen LogP contribution < -0.4 is 16.0 Å². The highest BCUT2D eigenvalue weighted by Gasteiger charge is 2.22. The molecule has 0 radical (unpaired) electrons. The lowest BCUT2D eigenvalue weighted by Gasteiger charge is -2.15. The van der Waals surface area contributed by atoms with Crippen molar-refractivity contribution in [2.24, 2.45) is 5.41 Å². The van der Waals surface area contributed by atoms with E-state index in [1.165, 1.54) is 17.8 Å². The molecular weight excluding hydrogens is 300 g/mol. The van der Waals surface area contributed by atoms with E-state index in [0.29, 0.717) is 23.4 Å². The predicted molar refractivity (Wildman–Crippen MR) is 87.9 cm³/mol. The van der Waals surface area contributed by atoms with Crippen molar-refractivity contribution in [1.29, 1.82) is 0 Å². The molecule has 0 aliphatic carbocycles. The minimum Gasteiger partial charge on any atom is -0.354 e. The molecule has 122 valence electrons. The first-order valence-electron chi connectivity index (χ1n) is 7.60.